The normalized spacial score (nSPS) is 12.4. The van der Waals surface area contributed by atoms with Crippen LogP contribution in [0, 0.1) is 0 Å². The molecule has 84 valence electrons. The van der Waals surface area contributed by atoms with Gasteiger partial charge in [-0.05, 0) is 39.7 Å². The molecule has 0 radical (unpaired) electrons. The van der Waals surface area contributed by atoms with Gasteiger partial charge in [-0.25, -0.2) is 0 Å². The van der Waals surface area contributed by atoms with Crippen LogP contribution in [-0.2, 0) is 0 Å². The predicted molar refractivity (Wildman–Crippen MR) is 63.5 cm³/mol. The predicted octanol–water partition coefficient (Wildman–Crippen LogP) is 3.13. The highest BCUT2D eigenvalue weighted by Gasteiger charge is 2.16. The first kappa shape index (κ1) is 11.2. The molecule has 1 aromatic heterocycles. The van der Waals surface area contributed by atoms with Crippen molar-refractivity contribution in [1.29, 1.82) is 0 Å². The topological polar surface area (TPSA) is 42.6 Å². The second-order valence-electron chi connectivity index (χ2n) is 3.31. The molecule has 0 fully saturated rings. The fraction of sp³-hybridized carbons (Fsp3) is 0.167. The van der Waals surface area contributed by atoms with Crippen LogP contribution in [0.15, 0.2) is 45.5 Å². The maximum Gasteiger partial charge on any atom is 0.150 e. The van der Waals surface area contributed by atoms with E-state index in [1.54, 1.807) is 37.4 Å². The second kappa shape index (κ2) is 4.72. The Bertz CT molecular complexity index is 461. The van der Waals surface area contributed by atoms with Gasteiger partial charge in [0.2, 0.25) is 0 Å². The molecule has 1 atom stereocenters. The Balaban J connectivity index is 2.27. The van der Waals surface area contributed by atoms with E-state index in [2.05, 4.69) is 15.9 Å². The first-order chi connectivity index (χ1) is 7.72. The summed E-state index contributed by atoms with van der Waals surface area (Å²) in [4.78, 5) is 0. The average molecular weight is 283 g/mol. The summed E-state index contributed by atoms with van der Waals surface area (Å²) in [6.45, 7) is 0. The van der Waals surface area contributed by atoms with Gasteiger partial charge in [-0.15, -0.1) is 0 Å². The standard InChI is InChI=1S/C12H11BrO3/c1-15-9-4-2-8(3-5-9)11(14)12-10(13)6-7-16-12/h2-7,11,14H,1H3. The molecule has 0 aliphatic rings. The lowest BCUT2D eigenvalue weighted by atomic mass is 10.1. The highest BCUT2D eigenvalue weighted by atomic mass is 79.9. The zero-order valence-electron chi connectivity index (χ0n) is 8.68. The molecule has 2 aromatic rings. The van der Waals surface area contributed by atoms with Crippen LogP contribution in [0.4, 0.5) is 0 Å². The molecule has 0 aliphatic carbocycles. The molecule has 0 spiro atoms. The Morgan fingerprint density at radius 1 is 1.25 bits per heavy atom. The molecular weight excluding hydrogens is 272 g/mol. The summed E-state index contributed by atoms with van der Waals surface area (Å²) in [5.74, 6) is 1.26. The lowest BCUT2D eigenvalue weighted by molar-refractivity contribution is 0.188. The first-order valence-electron chi connectivity index (χ1n) is 4.77. The summed E-state index contributed by atoms with van der Waals surface area (Å²) < 4.78 is 11.0. The van der Waals surface area contributed by atoms with E-state index in [0.29, 0.717) is 5.76 Å². The van der Waals surface area contributed by atoms with Crippen LogP contribution in [-0.4, -0.2) is 12.2 Å². The molecule has 2 rings (SSSR count). The number of halogens is 1. The van der Waals surface area contributed by atoms with Gasteiger partial charge >= 0.3 is 0 Å². The van der Waals surface area contributed by atoms with Crippen molar-refractivity contribution in [3.05, 3.63) is 52.4 Å². The quantitative estimate of drug-likeness (QED) is 0.941. The lowest BCUT2D eigenvalue weighted by Crippen LogP contribution is -1.98. The maximum atomic E-state index is 10.1. The number of benzene rings is 1. The molecule has 0 saturated carbocycles. The molecule has 0 bridgehead atoms. The van der Waals surface area contributed by atoms with Gasteiger partial charge in [-0.2, -0.15) is 0 Å². The fourth-order valence-electron chi connectivity index (χ4n) is 1.44. The second-order valence-corrected chi connectivity index (χ2v) is 4.16. The van der Waals surface area contributed by atoms with Gasteiger partial charge in [-0.3, -0.25) is 0 Å². The summed E-state index contributed by atoms with van der Waals surface area (Å²) >= 11 is 3.31. The summed E-state index contributed by atoms with van der Waals surface area (Å²) in [6, 6.07) is 8.96. The number of rotatable bonds is 3. The van der Waals surface area contributed by atoms with E-state index >= 15 is 0 Å². The number of aliphatic hydroxyl groups is 1. The van der Waals surface area contributed by atoms with E-state index in [9.17, 15) is 5.11 Å². The van der Waals surface area contributed by atoms with Crippen molar-refractivity contribution in [3.63, 3.8) is 0 Å². The number of methoxy groups -OCH3 is 1. The monoisotopic (exact) mass is 282 g/mol. The average Bonchev–Trinajstić information content (AvgIpc) is 2.75. The minimum Gasteiger partial charge on any atom is -0.497 e. The van der Waals surface area contributed by atoms with Gasteiger partial charge < -0.3 is 14.3 Å². The van der Waals surface area contributed by atoms with Gasteiger partial charge in [-0.1, -0.05) is 12.1 Å². The first-order valence-corrected chi connectivity index (χ1v) is 5.56. The van der Waals surface area contributed by atoms with Gasteiger partial charge in [0.1, 0.15) is 11.9 Å². The van der Waals surface area contributed by atoms with E-state index in [4.69, 9.17) is 9.15 Å². The minimum atomic E-state index is -0.768. The Morgan fingerprint density at radius 3 is 2.44 bits per heavy atom. The number of furan rings is 1. The van der Waals surface area contributed by atoms with E-state index < -0.39 is 6.10 Å². The Labute approximate surface area is 102 Å². The Kier molecular flexibility index (Phi) is 3.31. The molecule has 16 heavy (non-hydrogen) atoms. The van der Waals surface area contributed by atoms with Crippen LogP contribution in [0.3, 0.4) is 0 Å². The largest absolute Gasteiger partial charge is 0.497 e. The van der Waals surface area contributed by atoms with Gasteiger partial charge in [0.15, 0.2) is 5.76 Å². The molecular formula is C12H11BrO3. The van der Waals surface area contributed by atoms with Crippen LogP contribution in [0.2, 0.25) is 0 Å². The Morgan fingerprint density at radius 2 is 1.94 bits per heavy atom. The van der Waals surface area contributed by atoms with Crippen LogP contribution in [0.1, 0.15) is 17.4 Å². The van der Waals surface area contributed by atoms with Crippen LogP contribution < -0.4 is 4.74 Å². The molecule has 0 saturated heterocycles. The highest BCUT2D eigenvalue weighted by Crippen LogP contribution is 2.30. The zero-order chi connectivity index (χ0) is 11.5. The van der Waals surface area contributed by atoms with Crippen LogP contribution in [0.5, 0.6) is 5.75 Å². The van der Waals surface area contributed by atoms with Crippen molar-refractivity contribution in [1.82, 2.24) is 0 Å². The van der Waals surface area contributed by atoms with Gasteiger partial charge in [0.25, 0.3) is 0 Å². The lowest BCUT2D eigenvalue weighted by Gasteiger charge is -2.09. The minimum absolute atomic E-state index is 0.505. The summed E-state index contributed by atoms with van der Waals surface area (Å²) in [6.07, 6.45) is 0.766. The van der Waals surface area contributed by atoms with Gasteiger partial charge in [0, 0.05) is 0 Å². The maximum absolute atomic E-state index is 10.1. The highest BCUT2D eigenvalue weighted by molar-refractivity contribution is 9.10. The SMILES string of the molecule is COc1ccc(C(O)c2occc2Br)cc1. The Hall–Kier alpha value is -1.26. The molecule has 3 nitrogen and oxygen atoms in total. The number of ether oxygens (including phenoxy) is 1. The van der Waals surface area contributed by atoms with Crippen molar-refractivity contribution >= 4 is 15.9 Å². The van der Waals surface area contributed by atoms with Crippen LogP contribution >= 0.6 is 15.9 Å². The molecule has 4 heteroatoms. The molecule has 1 N–H and O–H groups in total. The zero-order valence-corrected chi connectivity index (χ0v) is 10.3. The number of hydrogen-bond acceptors (Lipinski definition) is 3. The fourth-order valence-corrected chi connectivity index (χ4v) is 1.86. The van der Waals surface area contributed by atoms with Gasteiger partial charge in [0.05, 0.1) is 17.8 Å². The number of aliphatic hydroxyl groups excluding tert-OH is 1. The molecule has 1 aromatic carbocycles. The third-order valence-electron chi connectivity index (χ3n) is 2.32. The van der Waals surface area contributed by atoms with Crippen molar-refractivity contribution in [3.8, 4) is 5.75 Å². The number of hydrogen-bond donors (Lipinski definition) is 1. The smallest absolute Gasteiger partial charge is 0.150 e. The molecule has 0 aliphatic heterocycles. The van der Waals surface area contributed by atoms with Crippen molar-refractivity contribution in [2.75, 3.05) is 7.11 Å². The van der Waals surface area contributed by atoms with Crippen molar-refractivity contribution in [2.45, 2.75) is 6.10 Å². The van der Waals surface area contributed by atoms with E-state index in [1.165, 1.54) is 6.26 Å². The third kappa shape index (κ3) is 2.13. The molecule has 1 unspecified atom stereocenters. The summed E-state index contributed by atoms with van der Waals surface area (Å²) in [5.41, 5.74) is 0.761. The summed E-state index contributed by atoms with van der Waals surface area (Å²) in [7, 11) is 1.61. The van der Waals surface area contributed by atoms with E-state index in [-0.39, 0.29) is 0 Å². The molecule has 0 amide bonds. The van der Waals surface area contributed by atoms with Crippen molar-refractivity contribution in [2.24, 2.45) is 0 Å². The third-order valence-corrected chi connectivity index (χ3v) is 2.98. The molecule has 1 heterocycles. The van der Waals surface area contributed by atoms with Crippen molar-refractivity contribution < 1.29 is 14.3 Å². The van der Waals surface area contributed by atoms with Crippen LogP contribution in [0.25, 0.3) is 0 Å². The van der Waals surface area contributed by atoms with E-state index in [1.807, 2.05) is 0 Å². The summed E-state index contributed by atoms with van der Waals surface area (Å²) in [5, 5.41) is 10.1. The van der Waals surface area contributed by atoms with E-state index in [0.717, 1.165) is 15.8 Å².